The predicted molar refractivity (Wildman–Crippen MR) is 77.3 cm³/mol. The number of halogens is 2. The van der Waals surface area contributed by atoms with E-state index in [2.05, 4.69) is 62.4 Å². The molecule has 0 amide bonds. The first-order valence-electron chi connectivity index (χ1n) is 5.28. The molecule has 3 heteroatoms. The fraction of sp³-hybridized carbons (Fsp3) is 0.286. The second-order valence-electron chi connectivity index (χ2n) is 3.29. The van der Waals surface area contributed by atoms with Gasteiger partial charge in [0, 0.05) is 0 Å². The summed E-state index contributed by atoms with van der Waals surface area (Å²) >= 11 is 0. The zero-order valence-corrected chi connectivity index (χ0v) is 14.4. The molecule has 0 nitrogen and oxygen atoms in total. The first-order chi connectivity index (χ1) is 6.86. The summed E-state index contributed by atoms with van der Waals surface area (Å²) in [5, 5.41) is 0. The molecule has 0 radical (unpaired) electrons. The molecule has 0 fully saturated rings. The molecule has 0 saturated heterocycles. The second-order valence-corrected chi connectivity index (χ2v) is 3.29. The van der Waals surface area contributed by atoms with Gasteiger partial charge in [-0.25, -0.2) is 24.3 Å². The molecule has 2 aromatic carbocycles. The minimum atomic E-state index is 0. The van der Waals surface area contributed by atoms with Crippen LogP contribution in [0.3, 0.4) is 0 Å². The van der Waals surface area contributed by atoms with Gasteiger partial charge in [-0.2, -0.15) is 35.4 Å². The smallest absolute Gasteiger partial charge is 0.213 e. The Morgan fingerprint density at radius 1 is 0.824 bits per heavy atom. The Kier molecular flexibility index (Phi) is 18.7. The van der Waals surface area contributed by atoms with Crippen molar-refractivity contribution in [2.75, 3.05) is 0 Å². The maximum atomic E-state index is 2.16. The third-order valence-corrected chi connectivity index (χ3v) is 2.28. The monoisotopic (exact) mass is 348 g/mol. The van der Waals surface area contributed by atoms with Crippen LogP contribution in [0.1, 0.15) is 25.0 Å². The van der Waals surface area contributed by atoms with E-state index in [1.165, 1.54) is 11.1 Å². The van der Waals surface area contributed by atoms with Gasteiger partial charge in [0.25, 0.3) is 0 Å². The van der Waals surface area contributed by atoms with Gasteiger partial charge >= 0.3 is 26.2 Å². The number of rotatable bonds is 2. The normalized spacial score (nSPS) is 7.65. The molecular weight excluding hydrogens is 330 g/mol. The molecule has 0 saturated carbocycles. The van der Waals surface area contributed by atoms with Crippen molar-refractivity contribution < 1.29 is 26.2 Å². The van der Waals surface area contributed by atoms with E-state index in [1.54, 1.807) is 0 Å². The molecule has 0 heterocycles. The molecule has 94 valence electrons. The molecule has 0 aliphatic heterocycles. The van der Waals surface area contributed by atoms with Crippen molar-refractivity contribution in [1.82, 2.24) is 0 Å². The van der Waals surface area contributed by atoms with E-state index in [-0.39, 0.29) is 51.0 Å². The van der Waals surface area contributed by atoms with Gasteiger partial charge in [0.2, 0.25) is 0 Å². The minimum Gasteiger partial charge on any atom is -0.213 e. The molecule has 2 aromatic rings. The topological polar surface area (TPSA) is 0 Å². The zero-order chi connectivity index (χ0) is 10.2. The summed E-state index contributed by atoms with van der Waals surface area (Å²) in [6, 6.07) is 16.8. The van der Waals surface area contributed by atoms with E-state index in [0.29, 0.717) is 0 Å². The van der Waals surface area contributed by atoms with Crippen molar-refractivity contribution in [3.63, 3.8) is 0 Å². The fourth-order valence-electron chi connectivity index (χ4n) is 1.30. The second kappa shape index (κ2) is 14.2. The average molecular weight is 350 g/mol. The average Bonchev–Trinajstić information content (AvgIpc) is 2.92. The van der Waals surface area contributed by atoms with Gasteiger partial charge in [0.15, 0.2) is 0 Å². The Hall–Kier alpha value is 0.163. The number of hydrogen-bond donors (Lipinski definition) is 0. The maximum Gasteiger partial charge on any atom is 2.00 e. The molecule has 0 aliphatic carbocycles. The summed E-state index contributed by atoms with van der Waals surface area (Å²) in [7, 11) is 0. The number of hydrogen-bond acceptors (Lipinski definition) is 0. The quantitative estimate of drug-likeness (QED) is 0.684. The first kappa shape index (κ1) is 22.4. The van der Waals surface area contributed by atoms with Crippen LogP contribution in [-0.4, -0.2) is 0 Å². The molecule has 0 bridgehead atoms. The Labute approximate surface area is 136 Å². The van der Waals surface area contributed by atoms with Crippen molar-refractivity contribution >= 4 is 24.8 Å². The first-order valence-corrected chi connectivity index (χ1v) is 5.28. The van der Waals surface area contributed by atoms with Crippen molar-refractivity contribution in [3.8, 4) is 0 Å². The van der Waals surface area contributed by atoms with Gasteiger partial charge in [-0.15, -0.1) is 24.8 Å². The summed E-state index contributed by atoms with van der Waals surface area (Å²) in [4.78, 5) is 0. The largest absolute Gasteiger partial charge is 2.00 e. The number of aryl methyl sites for hydroxylation is 2. The minimum absolute atomic E-state index is 0. The third-order valence-electron chi connectivity index (χ3n) is 2.28. The van der Waals surface area contributed by atoms with E-state index in [0.717, 1.165) is 12.8 Å². The van der Waals surface area contributed by atoms with E-state index in [1.807, 2.05) is 0 Å². The maximum absolute atomic E-state index is 2.16. The molecule has 0 unspecified atom stereocenters. The van der Waals surface area contributed by atoms with Crippen LogP contribution >= 0.6 is 24.8 Å². The molecule has 0 spiro atoms. The van der Waals surface area contributed by atoms with Gasteiger partial charge in [-0.1, -0.05) is 26.7 Å². The molecule has 0 aromatic heterocycles. The van der Waals surface area contributed by atoms with Crippen molar-refractivity contribution in [2.24, 2.45) is 0 Å². The van der Waals surface area contributed by atoms with Crippen LogP contribution in [0.15, 0.2) is 48.5 Å². The summed E-state index contributed by atoms with van der Waals surface area (Å²) < 4.78 is 0. The Morgan fingerprint density at radius 3 is 1.29 bits per heavy atom. The van der Waals surface area contributed by atoms with Crippen molar-refractivity contribution in [2.45, 2.75) is 26.7 Å². The molecular formula is C14H20Cl2Zr. The third kappa shape index (κ3) is 9.83. The van der Waals surface area contributed by atoms with Crippen LogP contribution in [0, 0.1) is 0 Å². The summed E-state index contributed by atoms with van der Waals surface area (Å²) in [5.41, 5.74) is 2.86. The van der Waals surface area contributed by atoms with Crippen LogP contribution in [0.2, 0.25) is 0 Å². The summed E-state index contributed by atoms with van der Waals surface area (Å²) in [6.45, 7) is 4.32. The van der Waals surface area contributed by atoms with E-state index < -0.39 is 0 Å². The SMILES string of the molecule is CCc1ccc[cH-]1.CCc1ccc[cH-]1.Cl.Cl.[Zr+2]. The van der Waals surface area contributed by atoms with Gasteiger partial charge in [0.1, 0.15) is 0 Å². The van der Waals surface area contributed by atoms with Crippen LogP contribution in [0.5, 0.6) is 0 Å². The Bertz CT molecular complexity index is 278. The molecule has 2 rings (SSSR count). The molecule has 0 atom stereocenters. The summed E-state index contributed by atoms with van der Waals surface area (Å²) in [6.07, 6.45) is 2.32. The van der Waals surface area contributed by atoms with Crippen LogP contribution in [0.4, 0.5) is 0 Å². The molecule has 17 heavy (non-hydrogen) atoms. The Balaban J connectivity index is -0.000000196. The standard InChI is InChI=1S/2C7H9.2ClH.Zr/c2*1-2-7-5-3-4-6-7;;;/h2*3-6H,2H2,1H3;2*1H;/q2*-1;;;+2. The van der Waals surface area contributed by atoms with Gasteiger partial charge in [-0.05, 0) is 0 Å². The van der Waals surface area contributed by atoms with Crippen LogP contribution in [0.25, 0.3) is 0 Å². The van der Waals surface area contributed by atoms with E-state index >= 15 is 0 Å². The van der Waals surface area contributed by atoms with Gasteiger partial charge in [0.05, 0.1) is 0 Å². The predicted octanol–water partition coefficient (Wildman–Crippen LogP) is 4.78. The molecule has 0 aliphatic rings. The summed E-state index contributed by atoms with van der Waals surface area (Å²) in [5.74, 6) is 0. The fourth-order valence-corrected chi connectivity index (χ4v) is 1.30. The van der Waals surface area contributed by atoms with E-state index in [4.69, 9.17) is 0 Å². The van der Waals surface area contributed by atoms with Gasteiger partial charge < -0.3 is 0 Å². The van der Waals surface area contributed by atoms with E-state index in [9.17, 15) is 0 Å². The molecule has 0 N–H and O–H groups in total. The van der Waals surface area contributed by atoms with Crippen LogP contribution in [-0.2, 0) is 39.0 Å². The Morgan fingerprint density at radius 2 is 1.18 bits per heavy atom. The van der Waals surface area contributed by atoms with Crippen LogP contribution < -0.4 is 0 Å². The van der Waals surface area contributed by atoms with Crippen molar-refractivity contribution in [1.29, 1.82) is 0 Å². The zero-order valence-electron chi connectivity index (χ0n) is 10.3. The van der Waals surface area contributed by atoms with Gasteiger partial charge in [-0.3, -0.25) is 0 Å². The van der Waals surface area contributed by atoms with Crippen molar-refractivity contribution in [3.05, 3.63) is 59.7 Å².